The third kappa shape index (κ3) is 7.85. The number of nitriles is 2. The van der Waals surface area contributed by atoms with Crippen molar-refractivity contribution < 1.29 is 52.7 Å². The van der Waals surface area contributed by atoms with Crippen molar-refractivity contribution in [1.29, 1.82) is 10.5 Å². The Morgan fingerprint density at radius 3 is 0.786 bits per heavy atom. The highest BCUT2D eigenvalue weighted by molar-refractivity contribution is 6.09. The van der Waals surface area contributed by atoms with Crippen LogP contribution in [0.4, 0.5) is 52.7 Å². The molecule has 6 nitrogen and oxygen atoms in total. The Hall–Kier alpha value is -9.00. The van der Waals surface area contributed by atoms with Crippen molar-refractivity contribution in [3.63, 3.8) is 0 Å². The van der Waals surface area contributed by atoms with Gasteiger partial charge in [-0.15, -0.1) is 0 Å². The lowest BCUT2D eigenvalue weighted by Crippen LogP contribution is -2.04. The Morgan fingerprint density at radius 2 is 0.586 bits per heavy atom. The van der Waals surface area contributed by atoms with E-state index in [0.29, 0.717) is 0 Å². The fourth-order valence-electron chi connectivity index (χ4n) is 8.48. The second-order valence-corrected chi connectivity index (χ2v) is 15.7. The maximum atomic E-state index is 13.7. The third-order valence-corrected chi connectivity index (χ3v) is 11.7. The van der Waals surface area contributed by atoms with E-state index in [1.54, 1.807) is 0 Å². The Morgan fingerprint density at radius 1 is 0.357 bits per heavy atom. The average Bonchev–Trinajstić information content (AvgIpc) is 3.80. The number of fused-ring (bicyclic) bond motifs is 6. The van der Waals surface area contributed by atoms with E-state index in [9.17, 15) is 63.2 Å². The van der Waals surface area contributed by atoms with Crippen LogP contribution in [0.25, 0.3) is 87.9 Å². The van der Waals surface area contributed by atoms with Crippen LogP contribution in [0.15, 0.2) is 133 Å². The second-order valence-electron chi connectivity index (χ2n) is 15.7. The molecule has 1 aromatic heterocycles. The zero-order chi connectivity index (χ0) is 50.2. The van der Waals surface area contributed by atoms with E-state index in [-0.39, 0.29) is 101 Å². The van der Waals surface area contributed by atoms with Crippen molar-refractivity contribution in [2.45, 2.75) is 24.7 Å². The largest absolute Gasteiger partial charge is 0.416 e. The minimum Gasteiger partial charge on any atom is -0.245 e. The summed E-state index contributed by atoms with van der Waals surface area (Å²) in [4.78, 5) is 16.7. The van der Waals surface area contributed by atoms with E-state index < -0.39 is 58.4 Å². The van der Waals surface area contributed by atoms with Crippen LogP contribution in [0.5, 0.6) is 0 Å². The SMILES string of the molecule is [C-]#[N+]/C(C#N)=C1/c2cc(-c3ccc(C(F)(F)F)cc3)c(-c3ccc(C(F)(F)F)cc3)cc2-c2nc3c(nc21)-c1cc(-c2ccc(C(F)(F)F)cc2)c(-c2ccc(C(F)(F)F)cc2)cc1/C3=C(/C#N)[N+]#[C-]. The van der Waals surface area contributed by atoms with E-state index >= 15 is 0 Å². The lowest BCUT2D eigenvalue weighted by atomic mass is 9.88. The van der Waals surface area contributed by atoms with Gasteiger partial charge in [0, 0.05) is 22.3 Å². The Kier molecular flexibility index (Phi) is 10.8. The summed E-state index contributed by atoms with van der Waals surface area (Å²) >= 11 is 0. The number of aromatic nitrogens is 2. The first-order chi connectivity index (χ1) is 33.0. The molecule has 2 aliphatic carbocycles. The van der Waals surface area contributed by atoms with E-state index in [4.69, 9.17) is 23.1 Å². The fourth-order valence-corrected chi connectivity index (χ4v) is 8.48. The van der Waals surface area contributed by atoms with Crippen LogP contribution in [-0.4, -0.2) is 9.97 Å². The van der Waals surface area contributed by atoms with Gasteiger partial charge in [-0.1, -0.05) is 48.5 Å². The van der Waals surface area contributed by atoms with E-state index in [0.717, 1.165) is 97.1 Å². The molecule has 0 N–H and O–H groups in total. The van der Waals surface area contributed by atoms with Gasteiger partial charge in [-0.2, -0.15) is 52.7 Å². The minimum atomic E-state index is -4.73. The fraction of sp³-hybridized carbons (Fsp3) is 0.0769. The van der Waals surface area contributed by atoms with Crippen molar-refractivity contribution in [3.05, 3.63) is 200 Å². The number of nitrogens with zero attached hydrogens (tertiary/aromatic N) is 6. The molecule has 6 aromatic carbocycles. The lowest BCUT2D eigenvalue weighted by Gasteiger charge is -2.16. The van der Waals surface area contributed by atoms with Crippen LogP contribution in [0.1, 0.15) is 44.8 Å². The van der Waals surface area contributed by atoms with Crippen LogP contribution in [0.2, 0.25) is 0 Å². The van der Waals surface area contributed by atoms with Gasteiger partial charge < -0.3 is 0 Å². The number of rotatable bonds is 4. The summed E-state index contributed by atoms with van der Waals surface area (Å²) in [6.07, 6.45) is -18.9. The number of halogens is 12. The maximum absolute atomic E-state index is 13.7. The Bertz CT molecular complexity index is 3320. The Labute approximate surface area is 387 Å². The summed E-state index contributed by atoms with van der Waals surface area (Å²) < 4.78 is 165. The van der Waals surface area contributed by atoms with Gasteiger partial charge in [0.25, 0.3) is 11.4 Å². The van der Waals surface area contributed by atoms with Crippen molar-refractivity contribution in [1.82, 2.24) is 9.97 Å². The molecule has 9 rings (SSSR count). The molecule has 18 heteroatoms. The topological polar surface area (TPSA) is 82.1 Å². The molecule has 2 aliphatic rings. The quantitative estimate of drug-likeness (QED) is 0.1000. The highest BCUT2D eigenvalue weighted by atomic mass is 19.4. The average molecular weight is 957 g/mol. The molecule has 0 spiro atoms. The molecular weight excluding hydrogens is 937 g/mol. The number of benzene rings is 6. The van der Waals surface area contributed by atoms with E-state index in [1.807, 2.05) is 12.1 Å². The first kappa shape index (κ1) is 46.1. The summed E-state index contributed by atoms with van der Waals surface area (Å²) in [6, 6.07) is 25.0. The van der Waals surface area contributed by atoms with E-state index in [1.165, 1.54) is 24.3 Å². The molecule has 0 unspecified atom stereocenters. The van der Waals surface area contributed by atoms with Gasteiger partial charge in [0.1, 0.15) is 0 Å². The van der Waals surface area contributed by atoms with E-state index in [2.05, 4.69) is 9.69 Å². The highest BCUT2D eigenvalue weighted by Gasteiger charge is 2.39. The zero-order valence-corrected chi connectivity index (χ0v) is 34.8. The van der Waals surface area contributed by atoms with Gasteiger partial charge in [-0.25, -0.2) is 30.2 Å². The number of alkyl halides is 12. The molecule has 0 saturated carbocycles. The summed E-state index contributed by atoms with van der Waals surface area (Å²) in [5.41, 5.74) is -3.86. The zero-order valence-electron chi connectivity index (χ0n) is 34.8. The number of hydrogen-bond donors (Lipinski definition) is 0. The molecular formula is C52H20F12N6. The molecule has 0 atom stereocenters. The van der Waals surface area contributed by atoms with Crippen molar-refractivity contribution in [3.8, 4) is 79.2 Å². The highest BCUT2D eigenvalue weighted by Crippen LogP contribution is 2.54. The summed E-state index contributed by atoms with van der Waals surface area (Å²) in [7, 11) is 0. The standard InChI is InChI=1S/C52H20F12N6/c1-67-41(23-65)43-37-19-33(25-3-11-29(12-4-25)49(53,54)55)35(27-7-15-31(16-8-27)51(59,60)61)21-39(37)45-47(43)69-46-40-22-36(28-9-17-32(18-10-28)52(62,63)64)34(26-5-13-30(14-6-26)50(56,57)58)20-38(40)44(48(46)70-45)42(24-66)68-2/h3-22H/b43-41-,44-42+. The van der Waals surface area contributed by atoms with Crippen molar-refractivity contribution in [2.75, 3.05) is 0 Å². The van der Waals surface area contributed by atoms with Crippen LogP contribution in [-0.2, 0) is 24.7 Å². The van der Waals surface area contributed by atoms with Crippen LogP contribution < -0.4 is 0 Å². The van der Waals surface area contributed by atoms with Gasteiger partial charge in [-0.3, -0.25) is 0 Å². The third-order valence-electron chi connectivity index (χ3n) is 11.7. The van der Waals surface area contributed by atoms with Gasteiger partial charge >= 0.3 is 24.7 Å². The van der Waals surface area contributed by atoms with Crippen molar-refractivity contribution in [2.24, 2.45) is 0 Å². The number of allylic oxidation sites excluding steroid dienone is 2. The van der Waals surface area contributed by atoms with Crippen LogP contribution in [0.3, 0.4) is 0 Å². The predicted octanol–water partition coefficient (Wildman–Crippen LogP) is 15.6. The molecule has 0 amide bonds. The Balaban J connectivity index is 1.33. The molecule has 0 saturated heterocycles. The summed E-state index contributed by atoms with van der Waals surface area (Å²) in [6.45, 7) is 16.0. The minimum absolute atomic E-state index is 0.0502. The van der Waals surface area contributed by atoms with Crippen LogP contribution >= 0.6 is 0 Å². The number of hydrogen-bond acceptors (Lipinski definition) is 4. The van der Waals surface area contributed by atoms with Gasteiger partial charge in [-0.05, 0) is 128 Å². The molecule has 0 radical (unpaired) electrons. The molecule has 0 aliphatic heterocycles. The molecule has 70 heavy (non-hydrogen) atoms. The first-order valence-corrected chi connectivity index (χ1v) is 20.1. The van der Waals surface area contributed by atoms with Crippen molar-refractivity contribution >= 4 is 11.1 Å². The van der Waals surface area contributed by atoms with Gasteiger partial charge in [0.15, 0.2) is 0 Å². The normalized spacial score (nSPS) is 14.3. The molecule has 7 aromatic rings. The second kappa shape index (κ2) is 16.4. The predicted molar refractivity (Wildman–Crippen MR) is 231 cm³/mol. The van der Waals surface area contributed by atoms with Crippen LogP contribution in [0, 0.1) is 35.8 Å². The summed E-state index contributed by atoms with van der Waals surface area (Å²) in [5.74, 6) is 0. The lowest BCUT2D eigenvalue weighted by molar-refractivity contribution is -0.138. The smallest absolute Gasteiger partial charge is 0.245 e. The monoisotopic (exact) mass is 956 g/mol. The molecule has 0 fully saturated rings. The maximum Gasteiger partial charge on any atom is 0.416 e. The molecule has 0 bridgehead atoms. The molecule has 342 valence electrons. The first-order valence-electron chi connectivity index (χ1n) is 20.1. The van der Waals surface area contributed by atoms with Gasteiger partial charge in [0.2, 0.25) is 0 Å². The molecule has 1 heterocycles. The van der Waals surface area contributed by atoms with Gasteiger partial charge in [0.05, 0.1) is 70.3 Å². The summed E-state index contributed by atoms with van der Waals surface area (Å²) in [5, 5.41) is 20.7.